The van der Waals surface area contributed by atoms with E-state index in [4.69, 9.17) is 23.2 Å². The van der Waals surface area contributed by atoms with Crippen LogP contribution in [0, 0.1) is 0 Å². The first-order chi connectivity index (χ1) is 8.63. The molecule has 0 saturated heterocycles. The van der Waals surface area contributed by atoms with Gasteiger partial charge in [-0.3, -0.25) is 0 Å². The molecule has 96 valence electrons. The van der Waals surface area contributed by atoms with Gasteiger partial charge in [-0.2, -0.15) is 0 Å². The average molecular weight is 364 g/mol. The predicted molar refractivity (Wildman–Crippen MR) is 85.5 cm³/mol. The van der Waals surface area contributed by atoms with E-state index in [9.17, 15) is 0 Å². The van der Waals surface area contributed by atoms with Gasteiger partial charge < -0.3 is 0 Å². The van der Waals surface area contributed by atoms with Crippen LogP contribution >= 0.6 is 50.5 Å². The van der Waals surface area contributed by atoms with E-state index < -0.39 is 0 Å². The highest BCUT2D eigenvalue weighted by Crippen LogP contribution is 2.46. The van der Waals surface area contributed by atoms with Crippen LogP contribution in [0.4, 0.5) is 0 Å². The number of hydrogen-bond acceptors (Lipinski definition) is 1. The molecule has 2 atom stereocenters. The standard InChI is InChI=1S/C14H13BrCl2S/c1-2-10(9-6-4-3-5-7-9)13(15)11-8-12(16)18-14(11)17/h3-8,10,13H,2H2,1H3. The van der Waals surface area contributed by atoms with Crippen molar-refractivity contribution >= 4 is 50.5 Å². The number of halogens is 3. The highest BCUT2D eigenvalue weighted by molar-refractivity contribution is 9.09. The highest BCUT2D eigenvalue weighted by atomic mass is 79.9. The quantitative estimate of drug-likeness (QED) is 0.531. The molecular weight excluding hydrogens is 351 g/mol. The second kappa shape index (κ2) is 6.42. The van der Waals surface area contributed by atoms with Gasteiger partial charge in [-0.1, -0.05) is 76.4 Å². The van der Waals surface area contributed by atoms with E-state index in [0.29, 0.717) is 5.92 Å². The maximum absolute atomic E-state index is 6.23. The molecular formula is C14H13BrCl2S. The Hall–Kier alpha value is -0.0200. The number of thiophene rings is 1. The number of hydrogen-bond donors (Lipinski definition) is 0. The fourth-order valence-electron chi connectivity index (χ4n) is 2.07. The van der Waals surface area contributed by atoms with Crippen molar-refractivity contribution in [1.82, 2.24) is 0 Å². The fourth-order valence-corrected chi connectivity index (χ4v) is 4.94. The number of rotatable bonds is 4. The first kappa shape index (κ1) is 14.4. The van der Waals surface area contributed by atoms with Gasteiger partial charge in [-0.05, 0) is 23.6 Å². The summed E-state index contributed by atoms with van der Waals surface area (Å²) in [5.41, 5.74) is 2.41. The van der Waals surface area contributed by atoms with E-state index in [-0.39, 0.29) is 4.83 Å². The third-order valence-electron chi connectivity index (χ3n) is 3.00. The van der Waals surface area contributed by atoms with E-state index in [1.807, 2.05) is 12.1 Å². The van der Waals surface area contributed by atoms with Crippen LogP contribution in [0.3, 0.4) is 0 Å². The largest absolute Gasteiger partial charge is 0.111 e. The molecule has 0 aliphatic rings. The zero-order valence-corrected chi connectivity index (χ0v) is 13.8. The van der Waals surface area contributed by atoms with Gasteiger partial charge >= 0.3 is 0 Å². The van der Waals surface area contributed by atoms with E-state index in [2.05, 4.69) is 47.1 Å². The lowest BCUT2D eigenvalue weighted by atomic mass is 9.91. The topological polar surface area (TPSA) is 0 Å². The molecule has 1 heterocycles. The van der Waals surface area contributed by atoms with Crippen molar-refractivity contribution in [3.05, 3.63) is 56.2 Å². The Morgan fingerprint density at radius 2 is 1.89 bits per heavy atom. The summed E-state index contributed by atoms with van der Waals surface area (Å²) < 4.78 is 1.51. The second-order valence-electron chi connectivity index (χ2n) is 4.11. The summed E-state index contributed by atoms with van der Waals surface area (Å²) in [5, 5.41) is 0. The van der Waals surface area contributed by atoms with Crippen LogP contribution in [0.5, 0.6) is 0 Å². The van der Waals surface area contributed by atoms with Crippen molar-refractivity contribution < 1.29 is 0 Å². The van der Waals surface area contributed by atoms with Gasteiger partial charge in [0.05, 0.1) is 8.67 Å². The first-order valence-electron chi connectivity index (χ1n) is 5.77. The smallest absolute Gasteiger partial charge is 0.0987 e. The highest BCUT2D eigenvalue weighted by Gasteiger charge is 2.24. The molecule has 1 aromatic heterocycles. The summed E-state index contributed by atoms with van der Waals surface area (Å²) in [7, 11) is 0. The molecule has 0 aliphatic carbocycles. The Morgan fingerprint density at radius 1 is 1.22 bits per heavy atom. The predicted octanol–water partition coefficient (Wildman–Crippen LogP) is 6.68. The van der Waals surface area contributed by atoms with Crippen LogP contribution < -0.4 is 0 Å². The molecule has 0 fully saturated rings. The molecule has 0 spiro atoms. The third kappa shape index (κ3) is 3.11. The third-order valence-corrected chi connectivity index (χ3v) is 5.65. The van der Waals surface area contributed by atoms with Gasteiger partial charge in [0.25, 0.3) is 0 Å². The molecule has 4 heteroatoms. The Kier molecular flexibility index (Phi) is 5.14. The van der Waals surface area contributed by atoms with Crippen molar-refractivity contribution in [2.24, 2.45) is 0 Å². The first-order valence-corrected chi connectivity index (χ1v) is 8.26. The van der Waals surface area contributed by atoms with Crippen LogP contribution in [0.1, 0.15) is 35.2 Å². The minimum Gasteiger partial charge on any atom is -0.111 e. The molecule has 2 unspecified atom stereocenters. The normalized spacial score (nSPS) is 14.4. The summed E-state index contributed by atoms with van der Waals surface area (Å²) in [6.07, 6.45) is 1.05. The van der Waals surface area contributed by atoms with Crippen LogP contribution in [0.2, 0.25) is 8.67 Å². The van der Waals surface area contributed by atoms with Gasteiger partial charge in [-0.15, -0.1) is 11.3 Å². The molecule has 0 N–H and O–H groups in total. The SMILES string of the molecule is CCC(c1ccccc1)C(Br)c1cc(Cl)sc1Cl. The molecule has 0 nitrogen and oxygen atoms in total. The van der Waals surface area contributed by atoms with Crippen molar-refractivity contribution in [2.45, 2.75) is 24.1 Å². The van der Waals surface area contributed by atoms with E-state index in [0.717, 1.165) is 20.7 Å². The summed E-state index contributed by atoms with van der Waals surface area (Å²) in [6, 6.07) is 12.4. The maximum atomic E-state index is 6.23. The Labute approximate surface area is 130 Å². The molecule has 2 rings (SSSR count). The van der Waals surface area contributed by atoms with Crippen molar-refractivity contribution in [1.29, 1.82) is 0 Å². The van der Waals surface area contributed by atoms with E-state index in [1.54, 1.807) is 0 Å². The van der Waals surface area contributed by atoms with Gasteiger partial charge in [-0.25, -0.2) is 0 Å². The summed E-state index contributed by atoms with van der Waals surface area (Å²) in [4.78, 5) is 0.196. The van der Waals surface area contributed by atoms with Crippen molar-refractivity contribution in [3.63, 3.8) is 0 Å². The van der Waals surface area contributed by atoms with Gasteiger partial charge in [0.2, 0.25) is 0 Å². The van der Waals surface area contributed by atoms with E-state index >= 15 is 0 Å². The van der Waals surface area contributed by atoms with Crippen molar-refractivity contribution in [3.8, 4) is 0 Å². The van der Waals surface area contributed by atoms with Crippen LogP contribution in [-0.4, -0.2) is 0 Å². The van der Waals surface area contributed by atoms with Crippen LogP contribution in [0.15, 0.2) is 36.4 Å². The summed E-state index contributed by atoms with van der Waals surface area (Å²) >= 11 is 17.4. The Bertz CT molecular complexity index is 510. The lowest BCUT2D eigenvalue weighted by Crippen LogP contribution is -2.04. The molecule has 2 aromatic rings. The molecule has 0 radical (unpaired) electrons. The molecule has 18 heavy (non-hydrogen) atoms. The lowest BCUT2D eigenvalue weighted by molar-refractivity contribution is 0.656. The maximum Gasteiger partial charge on any atom is 0.0987 e. The second-order valence-corrected chi connectivity index (χ2v) is 7.38. The Morgan fingerprint density at radius 3 is 2.39 bits per heavy atom. The molecule has 0 bridgehead atoms. The van der Waals surface area contributed by atoms with Crippen molar-refractivity contribution in [2.75, 3.05) is 0 Å². The summed E-state index contributed by atoms with van der Waals surface area (Å²) in [6.45, 7) is 2.19. The monoisotopic (exact) mass is 362 g/mol. The Balaban J connectivity index is 2.31. The van der Waals surface area contributed by atoms with Gasteiger partial charge in [0.1, 0.15) is 0 Å². The minimum atomic E-state index is 0.196. The molecule has 0 amide bonds. The fraction of sp³-hybridized carbons (Fsp3) is 0.286. The molecule has 1 aromatic carbocycles. The molecule has 0 aliphatic heterocycles. The minimum absolute atomic E-state index is 0.196. The van der Waals surface area contributed by atoms with E-state index in [1.165, 1.54) is 16.9 Å². The summed E-state index contributed by atoms with van der Waals surface area (Å²) in [5.74, 6) is 0.398. The van der Waals surface area contributed by atoms with Crippen LogP contribution in [-0.2, 0) is 0 Å². The number of benzene rings is 1. The molecule has 0 saturated carbocycles. The van der Waals surface area contributed by atoms with Crippen LogP contribution in [0.25, 0.3) is 0 Å². The number of alkyl halides is 1. The lowest BCUT2D eigenvalue weighted by Gasteiger charge is -2.21. The van der Waals surface area contributed by atoms with Gasteiger partial charge in [0, 0.05) is 10.7 Å². The zero-order chi connectivity index (χ0) is 13.1. The zero-order valence-electron chi connectivity index (χ0n) is 9.87. The van der Waals surface area contributed by atoms with Gasteiger partial charge in [0.15, 0.2) is 0 Å². The average Bonchev–Trinajstić information content (AvgIpc) is 2.70.